The minimum Gasteiger partial charge on any atom is -0.493 e. The van der Waals surface area contributed by atoms with E-state index in [0.29, 0.717) is 28.8 Å². The van der Waals surface area contributed by atoms with Crippen molar-refractivity contribution in [3.05, 3.63) is 17.7 Å². The Morgan fingerprint density at radius 1 is 1.22 bits per heavy atom. The molecule has 3 N–H and O–H groups in total. The summed E-state index contributed by atoms with van der Waals surface area (Å²) in [6, 6.07) is 2.97. The number of nitrogens with zero attached hydrogens (tertiary/aromatic N) is 2. The first-order valence-corrected chi connectivity index (χ1v) is 7.06. The molecule has 2 aromatic rings. The highest BCUT2D eigenvalue weighted by atomic mass is 16.5. The molecule has 0 atom stereocenters. The van der Waals surface area contributed by atoms with Crippen molar-refractivity contribution in [2.24, 2.45) is 5.73 Å². The van der Waals surface area contributed by atoms with E-state index in [4.69, 9.17) is 19.9 Å². The maximum absolute atomic E-state index is 11.6. The van der Waals surface area contributed by atoms with E-state index in [1.165, 1.54) is 4.68 Å². The third kappa shape index (κ3) is 2.32. The predicted molar refractivity (Wildman–Crippen MR) is 84.5 cm³/mol. The Morgan fingerprint density at radius 3 is 2.39 bits per heavy atom. The summed E-state index contributed by atoms with van der Waals surface area (Å²) in [5, 5.41) is 7.47. The van der Waals surface area contributed by atoms with E-state index in [9.17, 15) is 4.79 Å². The zero-order valence-corrected chi connectivity index (χ0v) is 13.2. The summed E-state index contributed by atoms with van der Waals surface area (Å²) < 4.78 is 17.2. The molecule has 0 radical (unpaired) electrons. The Labute approximate surface area is 133 Å². The Bertz CT molecular complexity index is 744. The predicted octanol–water partition coefficient (Wildman–Crippen LogP) is 1.47. The van der Waals surface area contributed by atoms with Gasteiger partial charge < -0.3 is 25.3 Å². The van der Waals surface area contributed by atoms with Gasteiger partial charge in [-0.3, -0.25) is 0 Å². The fraction of sp³-hybridized carbons (Fsp3) is 0.333. The van der Waals surface area contributed by atoms with Crippen molar-refractivity contribution in [1.29, 1.82) is 0 Å². The Kier molecular flexibility index (Phi) is 3.73. The Balaban J connectivity index is 2.20. The molecule has 0 fully saturated rings. The highest BCUT2D eigenvalue weighted by Gasteiger charge is 2.26. The van der Waals surface area contributed by atoms with Gasteiger partial charge in [0.15, 0.2) is 11.5 Å². The fourth-order valence-corrected chi connectivity index (χ4v) is 2.78. The Morgan fingerprint density at radius 2 is 1.87 bits per heavy atom. The quantitative estimate of drug-likeness (QED) is 0.885. The number of fused-ring (bicyclic) bond motifs is 1. The number of primary amides is 1. The largest absolute Gasteiger partial charge is 0.493 e. The number of carbonyl (C=O) groups is 1. The molecule has 0 unspecified atom stereocenters. The van der Waals surface area contributed by atoms with Gasteiger partial charge in [-0.15, -0.1) is 0 Å². The smallest absolute Gasteiger partial charge is 0.341 e. The van der Waals surface area contributed by atoms with Gasteiger partial charge in [-0.1, -0.05) is 0 Å². The van der Waals surface area contributed by atoms with Crippen LogP contribution in [0.25, 0.3) is 11.3 Å². The number of hydrogen-bond donors (Lipinski definition) is 2. The number of methoxy groups -OCH3 is 3. The SMILES string of the molecule is COc1cc(-c2nn(C(N)=O)c3c2CCN3)cc(OC)c1OC. The van der Waals surface area contributed by atoms with Crippen LogP contribution in [0.1, 0.15) is 5.56 Å². The fourth-order valence-electron chi connectivity index (χ4n) is 2.78. The van der Waals surface area contributed by atoms with Gasteiger partial charge in [-0.25, -0.2) is 4.79 Å². The topological polar surface area (TPSA) is 101 Å². The lowest BCUT2D eigenvalue weighted by Crippen LogP contribution is -2.22. The van der Waals surface area contributed by atoms with E-state index in [-0.39, 0.29) is 0 Å². The standard InChI is InChI=1S/C15H18N4O4/c1-21-10-6-8(7-11(22-2)13(10)23-3)12-9-4-5-17-14(9)19(18-12)15(16)20/h6-7,17H,4-5H2,1-3H3,(H2,16,20). The molecular formula is C15H18N4O4. The summed E-state index contributed by atoms with van der Waals surface area (Å²) in [5.41, 5.74) is 7.76. The van der Waals surface area contributed by atoms with Crippen LogP contribution in [0.5, 0.6) is 17.2 Å². The molecule has 0 spiro atoms. The molecule has 3 rings (SSSR count). The third-order valence-electron chi connectivity index (χ3n) is 3.80. The van der Waals surface area contributed by atoms with Gasteiger partial charge in [0.05, 0.1) is 27.0 Å². The zero-order valence-electron chi connectivity index (χ0n) is 13.2. The molecule has 122 valence electrons. The van der Waals surface area contributed by atoms with Gasteiger partial charge in [0.2, 0.25) is 5.75 Å². The van der Waals surface area contributed by atoms with Crippen molar-refractivity contribution in [2.45, 2.75) is 6.42 Å². The van der Waals surface area contributed by atoms with Gasteiger partial charge in [0.25, 0.3) is 0 Å². The number of ether oxygens (including phenoxy) is 3. The number of anilines is 1. The van der Waals surface area contributed by atoms with Gasteiger partial charge in [0, 0.05) is 17.7 Å². The highest BCUT2D eigenvalue weighted by Crippen LogP contribution is 2.43. The van der Waals surface area contributed by atoms with Crippen LogP contribution in [0.15, 0.2) is 12.1 Å². The van der Waals surface area contributed by atoms with Crippen molar-refractivity contribution < 1.29 is 19.0 Å². The molecule has 8 nitrogen and oxygen atoms in total. The average molecular weight is 318 g/mol. The minimum atomic E-state index is -0.630. The van der Waals surface area contributed by atoms with Crippen LogP contribution in [0.3, 0.4) is 0 Å². The summed E-state index contributed by atoms with van der Waals surface area (Å²) >= 11 is 0. The zero-order chi connectivity index (χ0) is 16.6. The molecule has 0 aliphatic carbocycles. The number of rotatable bonds is 4. The van der Waals surface area contributed by atoms with E-state index >= 15 is 0 Å². The van der Waals surface area contributed by atoms with Crippen LogP contribution >= 0.6 is 0 Å². The van der Waals surface area contributed by atoms with Crippen LogP contribution in [0.4, 0.5) is 10.6 Å². The lowest BCUT2D eigenvalue weighted by Gasteiger charge is -2.13. The second kappa shape index (κ2) is 5.71. The lowest BCUT2D eigenvalue weighted by atomic mass is 10.1. The summed E-state index contributed by atoms with van der Waals surface area (Å²) in [7, 11) is 4.65. The van der Waals surface area contributed by atoms with E-state index in [1.807, 2.05) is 0 Å². The van der Waals surface area contributed by atoms with Crippen molar-refractivity contribution in [3.8, 4) is 28.5 Å². The highest BCUT2D eigenvalue weighted by molar-refractivity contribution is 5.84. The summed E-state index contributed by atoms with van der Waals surface area (Å²) in [6.07, 6.45) is 0.759. The van der Waals surface area contributed by atoms with Gasteiger partial charge in [0.1, 0.15) is 5.82 Å². The van der Waals surface area contributed by atoms with Crippen molar-refractivity contribution >= 4 is 11.8 Å². The first-order valence-electron chi connectivity index (χ1n) is 7.06. The molecule has 1 aromatic heterocycles. The molecule has 1 amide bonds. The molecule has 1 aliphatic heterocycles. The number of amides is 1. The average Bonchev–Trinajstić information content (AvgIpc) is 3.15. The van der Waals surface area contributed by atoms with E-state index < -0.39 is 6.03 Å². The minimum absolute atomic E-state index is 0.503. The summed E-state index contributed by atoms with van der Waals surface area (Å²) in [4.78, 5) is 11.6. The second-order valence-electron chi connectivity index (χ2n) is 5.02. The van der Waals surface area contributed by atoms with Crippen molar-refractivity contribution in [1.82, 2.24) is 9.78 Å². The number of hydrogen-bond acceptors (Lipinski definition) is 6. The maximum atomic E-state index is 11.6. The normalized spacial score (nSPS) is 12.5. The van der Waals surface area contributed by atoms with Crippen LogP contribution < -0.4 is 25.3 Å². The van der Waals surface area contributed by atoms with Crippen LogP contribution in [0.2, 0.25) is 0 Å². The summed E-state index contributed by atoms with van der Waals surface area (Å²) in [5.74, 6) is 2.19. The number of nitrogens with two attached hydrogens (primary N) is 1. The number of carbonyl (C=O) groups excluding carboxylic acids is 1. The van der Waals surface area contributed by atoms with Gasteiger partial charge >= 0.3 is 6.03 Å². The third-order valence-corrected chi connectivity index (χ3v) is 3.80. The number of nitrogens with one attached hydrogen (secondary N) is 1. The molecule has 0 bridgehead atoms. The molecule has 8 heteroatoms. The molecular weight excluding hydrogens is 300 g/mol. The second-order valence-corrected chi connectivity index (χ2v) is 5.02. The molecule has 2 heterocycles. The number of aromatic nitrogens is 2. The van der Waals surface area contributed by atoms with E-state index in [2.05, 4.69) is 10.4 Å². The molecule has 0 saturated heterocycles. The first-order chi connectivity index (χ1) is 11.1. The first kappa shape index (κ1) is 15.0. The lowest BCUT2D eigenvalue weighted by molar-refractivity contribution is 0.248. The molecule has 0 saturated carbocycles. The van der Waals surface area contributed by atoms with Crippen LogP contribution in [-0.4, -0.2) is 43.7 Å². The van der Waals surface area contributed by atoms with E-state index in [1.54, 1.807) is 33.5 Å². The molecule has 1 aromatic carbocycles. The monoisotopic (exact) mass is 318 g/mol. The van der Waals surface area contributed by atoms with Crippen molar-refractivity contribution in [2.75, 3.05) is 33.2 Å². The van der Waals surface area contributed by atoms with E-state index in [0.717, 1.165) is 24.1 Å². The maximum Gasteiger partial charge on any atom is 0.341 e. The van der Waals surface area contributed by atoms with Gasteiger partial charge in [-0.2, -0.15) is 9.78 Å². The van der Waals surface area contributed by atoms with Crippen LogP contribution in [0, 0.1) is 0 Å². The molecule has 23 heavy (non-hydrogen) atoms. The summed E-state index contributed by atoms with van der Waals surface area (Å²) in [6.45, 7) is 0.734. The molecule has 1 aliphatic rings. The van der Waals surface area contributed by atoms with Gasteiger partial charge in [-0.05, 0) is 18.6 Å². The van der Waals surface area contributed by atoms with Crippen molar-refractivity contribution in [3.63, 3.8) is 0 Å². The van der Waals surface area contributed by atoms with Crippen LogP contribution in [-0.2, 0) is 6.42 Å². The number of benzene rings is 1. The Hall–Kier alpha value is -2.90.